The highest BCUT2D eigenvalue weighted by Gasteiger charge is 2.58. The highest BCUT2D eigenvalue weighted by Crippen LogP contribution is 2.51. The second-order valence-corrected chi connectivity index (χ2v) is 8.32. The maximum atomic E-state index is 12.7. The smallest absolute Gasteiger partial charge is 0.331 e. The van der Waals surface area contributed by atoms with Crippen LogP contribution in [-0.2, 0) is 19.7 Å². The van der Waals surface area contributed by atoms with Crippen molar-refractivity contribution in [2.24, 2.45) is 0 Å². The molecule has 2 unspecified atom stereocenters. The Balaban J connectivity index is 1.40. The Hall–Kier alpha value is -3.71. The molecule has 0 aromatic heterocycles. The molecule has 0 amide bonds. The van der Waals surface area contributed by atoms with E-state index in [1.807, 2.05) is 36.4 Å². The number of hydrogen-bond donors (Lipinski definition) is 1. The van der Waals surface area contributed by atoms with Gasteiger partial charge in [0.05, 0.1) is 16.9 Å². The number of nitro benzene ring substituents is 1. The average molecular weight is 430 g/mol. The van der Waals surface area contributed by atoms with Crippen molar-refractivity contribution in [1.29, 1.82) is 0 Å². The van der Waals surface area contributed by atoms with Gasteiger partial charge >= 0.3 is 5.97 Å². The summed E-state index contributed by atoms with van der Waals surface area (Å²) in [6.45, 7) is 0.401. The number of ether oxygens (including phenoxy) is 2. The molecule has 7 nitrogen and oxygen atoms in total. The lowest BCUT2D eigenvalue weighted by molar-refractivity contribution is -0.384. The molecule has 32 heavy (non-hydrogen) atoms. The highest BCUT2D eigenvalue weighted by atomic mass is 16.7. The zero-order chi connectivity index (χ0) is 22.2. The summed E-state index contributed by atoms with van der Waals surface area (Å²) in [6.07, 6.45) is 0.864. The predicted molar refractivity (Wildman–Crippen MR) is 118 cm³/mol. The molecule has 2 aliphatic heterocycles. The lowest BCUT2D eigenvalue weighted by Gasteiger charge is -2.30. The van der Waals surface area contributed by atoms with Crippen LogP contribution in [0.1, 0.15) is 24.0 Å². The van der Waals surface area contributed by atoms with Crippen molar-refractivity contribution in [3.63, 3.8) is 0 Å². The topological polar surface area (TPSA) is 90.7 Å². The number of nitrogens with one attached hydrogen (secondary N) is 1. The van der Waals surface area contributed by atoms with E-state index in [-0.39, 0.29) is 11.7 Å². The fourth-order valence-corrected chi connectivity index (χ4v) is 4.75. The number of esters is 1. The van der Waals surface area contributed by atoms with E-state index >= 15 is 0 Å². The van der Waals surface area contributed by atoms with Crippen LogP contribution in [-0.4, -0.2) is 29.3 Å². The van der Waals surface area contributed by atoms with E-state index in [1.54, 1.807) is 12.1 Å². The Morgan fingerprint density at radius 1 is 0.906 bits per heavy atom. The highest BCUT2D eigenvalue weighted by molar-refractivity contribution is 5.82. The van der Waals surface area contributed by atoms with Crippen LogP contribution in [0.25, 0.3) is 0 Å². The molecule has 0 saturated carbocycles. The molecule has 2 fully saturated rings. The number of benzene rings is 3. The van der Waals surface area contributed by atoms with Gasteiger partial charge in [-0.1, -0.05) is 60.7 Å². The molecule has 2 saturated heterocycles. The van der Waals surface area contributed by atoms with Crippen LogP contribution in [0.15, 0.2) is 84.9 Å². The maximum Gasteiger partial charge on any atom is 0.331 e. The standard InChI is InChI=1S/C25H22N2O5/c28-23-22(26-20-11-13-21(14-12-20)27(29)30)15-25(32-23)16-24(17-31-25,18-7-3-1-4-8-18)19-9-5-2-6-10-19/h1-14,22,26H,15-17H2. The molecule has 0 radical (unpaired) electrons. The monoisotopic (exact) mass is 430 g/mol. The number of rotatable bonds is 5. The normalized spacial score (nSPS) is 23.8. The zero-order valence-electron chi connectivity index (χ0n) is 17.3. The van der Waals surface area contributed by atoms with Crippen molar-refractivity contribution in [3.05, 3.63) is 106 Å². The van der Waals surface area contributed by atoms with Gasteiger partial charge in [0.25, 0.3) is 5.69 Å². The molecule has 162 valence electrons. The molecular formula is C25H22N2O5. The van der Waals surface area contributed by atoms with Crippen LogP contribution in [0.5, 0.6) is 0 Å². The predicted octanol–water partition coefficient (Wildman–Crippen LogP) is 4.43. The molecule has 1 spiro atoms. The number of nitrogens with zero attached hydrogens (tertiary/aromatic N) is 1. The number of carbonyl (C=O) groups excluding carboxylic acids is 1. The van der Waals surface area contributed by atoms with E-state index in [1.165, 1.54) is 12.1 Å². The van der Waals surface area contributed by atoms with Crippen molar-refractivity contribution in [3.8, 4) is 0 Å². The summed E-state index contributed by atoms with van der Waals surface area (Å²) in [5, 5.41) is 14.0. The fourth-order valence-electron chi connectivity index (χ4n) is 4.75. The van der Waals surface area contributed by atoms with E-state index in [2.05, 4.69) is 29.6 Å². The van der Waals surface area contributed by atoms with Crippen LogP contribution in [0.4, 0.5) is 11.4 Å². The number of nitro groups is 1. The van der Waals surface area contributed by atoms with Crippen LogP contribution >= 0.6 is 0 Å². The number of non-ortho nitro benzene ring substituents is 1. The SMILES string of the molecule is O=C1OC2(CC1Nc1ccc([N+](=O)[O-])cc1)CC(c1ccccc1)(c1ccccc1)CO2. The molecule has 7 heteroatoms. The van der Waals surface area contributed by atoms with E-state index in [9.17, 15) is 14.9 Å². The molecule has 3 aromatic rings. The minimum Gasteiger partial charge on any atom is -0.431 e. The molecule has 2 atom stereocenters. The Kier molecular flexibility index (Phi) is 4.90. The Morgan fingerprint density at radius 2 is 1.50 bits per heavy atom. The van der Waals surface area contributed by atoms with Gasteiger partial charge in [0.1, 0.15) is 6.04 Å². The summed E-state index contributed by atoms with van der Waals surface area (Å²) in [7, 11) is 0. The first-order valence-electron chi connectivity index (χ1n) is 10.5. The van der Waals surface area contributed by atoms with Gasteiger partial charge in [0, 0.05) is 30.7 Å². The molecule has 2 heterocycles. The number of anilines is 1. The van der Waals surface area contributed by atoms with Gasteiger partial charge in [-0.05, 0) is 23.3 Å². The quantitative estimate of drug-likeness (QED) is 0.366. The van der Waals surface area contributed by atoms with E-state index in [4.69, 9.17) is 9.47 Å². The van der Waals surface area contributed by atoms with Gasteiger partial charge < -0.3 is 14.8 Å². The fraction of sp³-hybridized carbons (Fsp3) is 0.240. The van der Waals surface area contributed by atoms with E-state index < -0.39 is 22.2 Å². The summed E-state index contributed by atoms with van der Waals surface area (Å²) >= 11 is 0. The minimum atomic E-state index is -1.03. The van der Waals surface area contributed by atoms with Gasteiger partial charge in [-0.15, -0.1) is 0 Å². The second kappa shape index (κ2) is 7.76. The zero-order valence-corrected chi connectivity index (χ0v) is 17.3. The summed E-state index contributed by atoms with van der Waals surface area (Å²) in [4.78, 5) is 23.1. The van der Waals surface area contributed by atoms with Crippen molar-refractivity contribution >= 4 is 17.3 Å². The molecule has 0 bridgehead atoms. The first-order chi connectivity index (χ1) is 15.5. The average Bonchev–Trinajstić information content (AvgIpc) is 3.35. The third kappa shape index (κ3) is 3.50. The van der Waals surface area contributed by atoms with Crippen LogP contribution in [0, 0.1) is 10.1 Å². The molecular weight excluding hydrogens is 408 g/mol. The van der Waals surface area contributed by atoms with Crippen molar-refractivity contribution < 1.29 is 19.2 Å². The van der Waals surface area contributed by atoms with Crippen LogP contribution in [0.3, 0.4) is 0 Å². The van der Waals surface area contributed by atoms with E-state index in [0.29, 0.717) is 25.1 Å². The third-order valence-corrected chi connectivity index (χ3v) is 6.31. The second-order valence-electron chi connectivity index (χ2n) is 8.32. The largest absolute Gasteiger partial charge is 0.431 e. The summed E-state index contributed by atoms with van der Waals surface area (Å²) in [5.74, 6) is -1.42. The molecule has 0 aliphatic carbocycles. The summed E-state index contributed by atoms with van der Waals surface area (Å²) in [6, 6.07) is 25.7. The molecule has 3 aromatic carbocycles. The minimum absolute atomic E-state index is 0.00403. The van der Waals surface area contributed by atoms with Crippen LogP contribution < -0.4 is 5.32 Å². The van der Waals surface area contributed by atoms with Gasteiger partial charge in [-0.25, -0.2) is 4.79 Å². The molecule has 5 rings (SSSR count). The lowest BCUT2D eigenvalue weighted by Crippen LogP contribution is -2.33. The first-order valence-corrected chi connectivity index (χ1v) is 10.5. The molecule has 2 aliphatic rings. The number of carbonyl (C=O) groups is 1. The Morgan fingerprint density at radius 3 is 2.06 bits per heavy atom. The summed E-state index contributed by atoms with van der Waals surface area (Å²) < 4.78 is 12.1. The van der Waals surface area contributed by atoms with Crippen LogP contribution in [0.2, 0.25) is 0 Å². The lowest BCUT2D eigenvalue weighted by atomic mass is 9.72. The van der Waals surface area contributed by atoms with Crippen molar-refractivity contribution in [2.45, 2.75) is 30.1 Å². The third-order valence-electron chi connectivity index (χ3n) is 6.31. The van der Waals surface area contributed by atoms with Gasteiger partial charge in [-0.2, -0.15) is 0 Å². The first kappa shape index (κ1) is 20.2. The van der Waals surface area contributed by atoms with Crippen molar-refractivity contribution in [2.75, 3.05) is 11.9 Å². The maximum absolute atomic E-state index is 12.7. The Labute approximate surface area is 185 Å². The molecule has 1 N–H and O–H groups in total. The Bertz CT molecular complexity index is 1090. The van der Waals surface area contributed by atoms with Gasteiger partial charge in [-0.3, -0.25) is 10.1 Å². The van der Waals surface area contributed by atoms with E-state index in [0.717, 1.165) is 11.1 Å². The summed E-state index contributed by atoms with van der Waals surface area (Å²) in [5.41, 5.74) is 2.42. The van der Waals surface area contributed by atoms with Gasteiger partial charge in [0.2, 0.25) is 5.79 Å². The van der Waals surface area contributed by atoms with Gasteiger partial charge in [0.15, 0.2) is 0 Å². The number of hydrogen-bond acceptors (Lipinski definition) is 6. The van der Waals surface area contributed by atoms with Crippen molar-refractivity contribution in [1.82, 2.24) is 0 Å².